The first-order chi connectivity index (χ1) is 13.6. The molecule has 29 heavy (non-hydrogen) atoms. The van der Waals surface area contributed by atoms with E-state index in [1.54, 1.807) is 32.9 Å². The van der Waals surface area contributed by atoms with Gasteiger partial charge in [0.05, 0.1) is 18.1 Å². The van der Waals surface area contributed by atoms with Crippen molar-refractivity contribution in [1.82, 2.24) is 4.31 Å². The molecule has 1 heterocycles. The van der Waals surface area contributed by atoms with Crippen LogP contribution < -0.4 is 0 Å². The van der Waals surface area contributed by atoms with E-state index in [-0.39, 0.29) is 18.1 Å². The lowest BCUT2D eigenvalue weighted by atomic mass is 10.1. The SMILES string of the molecule is Cc1ccc(S(=O)(=O)N2CCC[C@H]2C(=O)OC(C)(C)C)c(CCCOCCO)c1. The van der Waals surface area contributed by atoms with Crippen molar-refractivity contribution < 1.29 is 27.8 Å². The zero-order chi connectivity index (χ0) is 21.7. The average Bonchev–Trinajstić information content (AvgIpc) is 3.11. The van der Waals surface area contributed by atoms with E-state index >= 15 is 0 Å². The molecule has 164 valence electrons. The highest BCUT2D eigenvalue weighted by molar-refractivity contribution is 7.89. The summed E-state index contributed by atoms with van der Waals surface area (Å²) in [5.41, 5.74) is 1.02. The number of nitrogens with zero attached hydrogens (tertiary/aromatic N) is 1. The van der Waals surface area contributed by atoms with Crippen LogP contribution in [-0.4, -0.2) is 61.8 Å². The average molecular weight is 428 g/mol. The van der Waals surface area contributed by atoms with E-state index in [2.05, 4.69) is 0 Å². The highest BCUT2D eigenvalue weighted by Gasteiger charge is 2.42. The summed E-state index contributed by atoms with van der Waals surface area (Å²) in [4.78, 5) is 12.8. The second-order valence-electron chi connectivity index (χ2n) is 8.36. The molecule has 1 aromatic carbocycles. The molecule has 0 spiro atoms. The van der Waals surface area contributed by atoms with Crippen LogP contribution in [0.5, 0.6) is 0 Å². The fraction of sp³-hybridized carbons (Fsp3) is 0.667. The number of benzene rings is 1. The standard InChI is InChI=1S/C21H33NO6S/c1-16-9-10-19(17(15-16)7-6-13-27-14-12-23)29(25,26)22-11-5-8-18(22)20(24)28-21(2,3)4/h9-10,15,18,23H,5-8,11-14H2,1-4H3/t18-/m0/s1. The van der Waals surface area contributed by atoms with Crippen LogP contribution in [0.1, 0.15) is 51.2 Å². The van der Waals surface area contributed by atoms with Gasteiger partial charge in [-0.3, -0.25) is 4.79 Å². The number of aliphatic hydroxyl groups is 1. The van der Waals surface area contributed by atoms with Crippen molar-refractivity contribution in [3.05, 3.63) is 29.3 Å². The molecule has 0 unspecified atom stereocenters. The van der Waals surface area contributed by atoms with E-state index < -0.39 is 27.6 Å². The Morgan fingerprint density at radius 2 is 2.00 bits per heavy atom. The number of carbonyl (C=O) groups is 1. The zero-order valence-electron chi connectivity index (χ0n) is 17.8. The number of carbonyl (C=O) groups excluding carboxylic acids is 1. The summed E-state index contributed by atoms with van der Waals surface area (Å²) < 4.78 is 38.9. The number of aliphatic hydroxyl groups excluding tert-OH is 1. The number of hydrogen-bond acceptors (Lipinski definition) is 6. The third kappa shape index (κ3) is 6.50. The molecular formula is C21H33NO6S. The predicted molar refractivity (Wildman–Crippen MR) is 110 cm³/mol. The Morgan fingerprint density at radius 1 is 1.28 bits per heavy atom. The summed E-state index contributed by atoms with van der Waals surface area (Å²) in [6.45, 7) is 8.22. The van der Waals surface area contributed by atoms with Crippen LogP contribution in [0.2, 0.25) is 0 Å². The third-order valence-electron chi connectivity index (χ3n) is 4.66. The van der Waals surface area contributed by atoms with Crippen molar-refractivity contribution >= 4 is 16.0 Å². The van der Waals surface area contributed by atoms with Gasteiger partial charge in [0.15, 0.2) is 0 Å². The molecule has 0 bridgehead atoms. The van der Waals surface area contributed by atoms with Crippen LogP contribution in [0.4, 0.5) is 0 Å². The number of aryl methyl sites for hydroxylation is 2. The molecule has 1 aliphatic rings. The first kappa shape index (κ1) is 23.8. The van der Waals surface area contributed by atoms with Gasteiger partial charge < -0.3 is 14.6 Å². The lowest BCUT2D eigenvalue weighted by Gasteiger charge is -2.27. The van der Waals surface area contributed by atoms with Gasteiger partial charge >= 0.3 is 5.97 Å². The fourth-order valence-corrected chi connectivity index (χ4v) is 5.33. The van der Waals surface area contributed by atoms with Gasteiger partial charge in [0.25, 0.3) is 0 Å². The Bertz CT molecular complexity index is 800. The number of rotatable bonds is 9. The molecule has 2 rings (SSSR count). The molecule has 1 atom stereocenters. The molecule has 0 saturated carbocycles. The molecule has 0 radical (unpaired) electrons. The van der Waals surface area contributed by atoms with E-state index in [1.807, 2.05) is 13.0 Å². The smallest absolute Gasteiger partial charge is 0.324 e. The monoisotopic (exact) mass is 427 g/mol. The molecule has 1 saturated heterocycles. The van der Waals surface area contributed by atoms with Gasteiger partial charge in [-0.25, -0.2) is 8.42 Å². The molecule has 1 aliphatic heterocycles. The number of ether oxygens (including phenoxy) is 2. The van der Waals surface area contributed by atoms with Crippen LogP contribution in [-0.2, 0) is 30.7 Å². The van der Waals surface area contributed by atoms with Crippen LogP contribution in [0.15, 0.2) is 23.1 Å². The van der Waals surface area contributed by atoms with E-state index in [9.17, 15) is 13.2 Å². The van der Waals surface area contributed by atoms with E-state index in [0.29, 0.717) is 44.4 Å². The molecule has 1 aromatic rings. The minimum absolute atomic E-state index is 0.0366. The minimum atomic E-state index is -3.83. The van der Waals surface area contributed by atoms with E-state index in [4.69, 9.17) is 14.6 Å². The van der Waals surface area contributed by atoms with Crippen LogP contribution in [0, 0.1) is 6.92 Å². The lowest BCUT2D eigenvalue weighted by Crippen LogP contribution is -2.43. The maximum Gasteiger partial charge on any atom is 0.324 e. The minimum Gasteiger partial charge on any atom is -0.459 e. The fourth-order valence-electron chi connectivity index (χ4n) is 3.45. The van der Waals surface area contributed by atoms with Crippen molar-refractivity contribution in [2.75, 3.05) is 26.4 Å². The topological polar surface area (TPSA) is 93.1 Å². The summed E-state index contributed by atoms with van der Waals surface area (Å²) in [6, 6.07) is 4.48. The zero-order valence-corrected chi connectivity index (χ0v) is 18.6. The largest absolute Gasteiger partial charge is 0.459 e. The van der Waals surface area contributed by atoms with Crippen LogP contribution in [0.25, 0.3) is 0 Å². The van der Waals surface area contributed by atoms with Crippen molar-refractivity contribution in [1.29, 1.82) is 0 Å². The lowest BCUT2D eigenvalue weighted by molar-refractivity contribution is -0.158. The molecular weight excluding hydrogens is 394 g/mol. The molecule has 0 amide bonds. The van der Waals surface area contributed by atoms with Crippen molar-refractivity contribution in [2.45, 2.75) is 69.9 Å². The van der Waals surface area contributed by atoms with Crippen molar-refractivity contribution in [3.8, 4) is 0 Å². The Morgan fingerprint density at radius 3 is 2.66 bits per heavy atom. The second kappa shape index (κ2) is 10.0. The molecule has 0 aromatic heterocycles. The Kier molecular flexibility index (Phi) is 8.22. The number of hydrogen-bond donors (Lipinski definition) is 1. The Balaban J connectivity index is 2.24. The normalized spacial score (nSPS) is 18.2. The second-order valence-corrected chi connectivity index (χ2v) is 10.2. The van der Waals surface area contributed by atoms with Crippen LogP contribution >= 0.6 is 0 Å². The number of sulfonamides is 1. The van der Waals surface area contributed by atoms with Gasteiger partial charge in [0, 0.05) is 13.2 Å². The Hall–Kier alpha value is -1.48. The molecule has 1 N–H and O–H groups in total. The summed E-state index contributed by atoms with van der Waals surface area (Å²) in [6.07, 6.45) is 2.26. The van der Waals surface area contributed by atoms with Crippen molar-refractivity contribution in [3.63, 3.8) is 0 Å². The summed E-state index contributed by atoms with van der Waals surface area (Å²) >= 11 is 0. The molecule has 7 nitrogen and oxygen atoms in total. The summed E-state index contributed by atoms with van der Waals surface area (Å²) in [7, 11) is -3.83. The van der Waals surface area contributed by atoms with Gasteiger partial charge in [0.2, 0.25) is 10.0 Å². The molecule has 0 aliphatic carbocycles. The van der Waals surface area contributed by atoms with Gasteiger partial charge in [-0.15, -0.1) is 0 Å². The van der Waals surface area contributed by atoms with Crippen LogP contribution in [0.3, 0.4) is 0 Å². The van der Waals surface area contributed by atoms with Crippen molar-refractivity contribution in [2.24, 2.45) is 0 Å². The van der Waals surface area contributed by atoms with Gasteiger partial charge in [-0.05, 0) is 65.0 Å². The number of esters is 1. The summed E-state index contributed by atoms with van der Waals surface area (Å²) in [5.74, 6) is -0.496. The van der Waals surface area contributed by atoms with E-state index in [0.717, 1.165) is 5.56 Å². The van der Waals surface area contributed by atoms with Gasteiger partial charge in [-0.2, -0.15) is 4.31 Å². The maximum atomic E-state index is 13.4. The van der Waals surface area contributed by atoms with Gasteiger partial charge in [-0.1, -0.05) is 17.7 Å². The Labute approximate surface area is 174 Å². The highest BCUT2D eigenvalue weighted by Crippen LogP contribution is 2.30. The highest BCUT2D eigenvalue weighted by atomic mass is 32.2. The summed E-state index contributed by atoms with van der Waals surface area (Å²) in [5, 5.41) is 8.78. The predicted octanol–water partition coefficient (Wildman–Crippen LogP) is 2.43. The van der Waals surface area contributed by atoms with Gasteiger partial charge in [0.1, 0.15) is 11.6 Å². The third-order valence-corrected chi connectivity index (χ3v) is 6.66. The first-order valence-corrected chi connectivity index (χ1v) is 11.5. The quantitative estimate of drug-likeness (QED) is 0.481. The first-order valence-electron chi connectivity index (χ1n) is 10.1. The van der Waals surface area contributed by atoms with E-state index in [1.165, 1.54) is 4.31 Å². The maximum absolute atomic E-state index is 13.4. The molecule has 1 fully saturated rings. The molecule has 8 heteroatoms.